The normalized spacial score (nSPS) is 11.8. The Labute approximate surface area is 325 Å². The van der Waals surface area contributed by atoms with Gasteiger partial charge < -0.3 is 9.32 Å². The predicted molar refractivity (Wildman–Crippen MR) is 239 cm³/mol. The Morgan fingerprint density at radius 2 is 0.839 bits per heavy atom. The van der Waals surface area contributed by atoms with E-state index in [1.54, 1.807) is 0 Å². The fraction of sp³-hybridized carbons (Fsp3) is 0.0370. The maximum absolute atomic E-state index is 6.36. The Morgan fingerprint density at radius 1 is 0.321 bits per heavy atom. The van der Waals surface area contributed by atoms with Crippen LogP contribution in [0.4, 0.5) is 17.1 Å². The summed E-state index contributed by atoms with van der Waals surface area (Å²) in [4.78, 5) is 2.41. The largest absolute Gasteiger partial charge is 0.456 e. The first kappa shape index (κ1) is 32.3. The molecule has 1 aromatic heterocycles. The van der Waals surface area contributed by atoms with Crippen LogP contribution in [0.15, 0.2) is 192 Å². The Kier molecular flexibility index (Phi) is 7.33. The Balaban J connectivity index is 1.15. The molecule has 0 amide bonds. The highest BCUT2D eigenvalue weighted by Gasteiger charge is 2.20. The van der Waals surface area contributed by atoms with Gasteiger partial charge in [-0.25, -0.2) is 0 Å². The molecule has 0 spiro atoms. The van der Waals surface area contributed by atoms with Crippen molar-refractivity contribution in [2.45, 2.75) is 13.8 Å². The molecule has 2 nitrogen and oxygen atoms in total. The van der Waals surface area contributed by atoms with Crippen molar-refractivity contribution in [2.75, 3.05) is 4.90 Å². The first-order valence-electron chi connectivity index (χ1n) is 19.3. The summed E-state index contributed by atoms with van der Waals surface area (Å²) in [5, 5.41) is 12.2. The van der Waals surface area contributed by atoms with Crippen LogP contribution in [-0.2, 0) is 0 Å². The number of hydrogen-bond donors (Lipinski definition) is 0. The van der Waals surface area contributed by atoms with Crippen molar-refractivity contribution >= 4 is 82.1 Å². The lowest BCUT2D eigenvalue weighted by Gasteiger charge is -2.28. The summed E-state index contributed by atoms with van der Waals surface area (Å²) >= 11 is 0. The van der Waals surface area contributed by atoms with Gasteiger partial charge in [0.05, 0.1) is 5.69 Å². The van der Waals surface area contributed by atoms with Crippen molar-refractivity contribution in [3.05, 3.63) is 199 Å². The van der Waals surface area contributed by atoms with Crippen molar-refractivity contribution in [1.82, 2.24) is 0 Å². The van der Waals surface area contributed by atoms with Gasteiger partial charge in [0.15, 0.2) is 0 Å². The number of anilines is 3. The standard InChI is InChI=1S/C54H37NO/c1-34-13-11-15-37(29-34)55(38-16-12-14-35(2)30-38)52-28-27-44(39-17-7-8-22-45(39)52)49-33-51-41-19-4-3-18-40(41)48(32-50(51)43-21-6-5-20-42(43)49)36-25-26-47-46-23-9-10-24-53(46)56-54(47)31-36/h3-33H,1-2H3. The molecule has 0 aliphatic rings. The van der Waals surface area contributed by atoms with E-state index in [0.29, 0.717) is 0 Å². The van der Waals surface area contributed by atoms with E-state index >= 15 is 0 Å². The van der Waals surface area contributed by atoms with E-state index < -0.39 is 0 Å². The molecule has 0 aliphatic carbocycles. The molecule has 0 radical (unpaired) electrons. The van der Waals surface area contributed by atoms with Gasteiger partial charge in [-0.05, 0) is 146 Å². The number of fused-ring (bicyclic) bond motifs is 9. The van der Waals surface area contributed by atoms with Crippen LogP contribution in [0.25, 0.3) is 87.3 Å². The third-order valence-electron chi connectivity index (χ3n) is 11.5. The smallest absolute Gasteiger partial charge is 0.136 e. The number of furan rings is 1. The number of para-hydroxylation sites is 1. The maximum atomic E-state index is 6.36. The predicted octanol–water partition coefficient (Wildman–Crippen LogP) is 15.6. The fourth-order valence-electron chi connectivity index (χ4n) is 8.98. The second kappa shape index (κ2) is 12.7. The van der Waals surface area contributed by atoms with E-state index in [4.69, 9.17) is 4.42 Å². The summed E-state index contributed by atoms with van der Waals surface area (Å²) in [7, 11) is 0. The molecule has 0 aliphatic heterocycles. The van der Waals surface area contributed by atoms with Crippen LogP contribution in [0.2, 0.25) is 0 Å². The quantitative estimate of drug-likeness (QED) is 0.165. The lowest BCUT2D eigenvalue weighted by atomic mass is 9.86. The van der Waals surface area contributed by atoms with Crippen LogP contribution in [0, 0.1) is 13.8 Å². The molecular weight excluding hydrogens is 679 g/mol. The minimum Gasteiger partial charge on any atom is -0.456 e. The zero-order valence-electron chi connectivity index (χ0n) is 31.3. The molecule has 264 valence electrons. The Hall–Kier alpha value is -7.16. The topological polar surface area (TPSA) is 16.4 Å². The second-order valence-corrected chi connectivity index (χ2v) is 15.0. The van der Waals surface area contributed by atoms with Gasteiger partial charge in [-0.2, -0.15) is 0 Å². The van der Waals surface area contributed by atoms with Gasteiger partial charge in [0.25, 0.3) is 0 Å². The average Bonchev–Trinajstić information content (AvgIpc) is 3.61. The van der Waals surface area contributed by atoms with E-state index in [1.165, 1.54) is 70.9 Å². The highest BCUT2D eigenvalue weighted by molar-refractivity contribution is 6.25. The molecule has 0 fully saturated rings. The summed E-state index contributed by atoms with van der Waals surface area (Å²) in [5.74, 6) is 0. The van der Waals surface area contributed by atoms with E-state index in [1.807, 2.05) is 12.1 Å². The van der Waals surface area contributed by atoms with Gasteiger partial charge in [0, 0.05) is 27.5 Å². The lowest BCUT2D eigenvalue weighted by Crippen LogP contribution is -2.11. The van der Waals surface area contributed by atoms with Crippen molar-refractivity contribution in [2.24, 2.45) is 0 Å². The van der Waals surface area contributed by atoms with Gasteiger partial charge in [-0.15, -0.1) is 0 Å². The molecule has 1 heterocycles. The van der Waals surface area contributed by atoms with Crippen LogP contribution in [-0.4, -0.2) is 0 Å². The summed E-state index contributed by atoms with van der Waals surface area (Å²) in [6, 6.07) is 68.7. The van der Waals surface area contributed by atoms with Crippen LogP contribution >= 0.6 is 0 Å². The Morgan fingerprint density at radius 3 is 1.48 bits per heavy atom. The van der Waals surface area contributed by atoms with Crippen LogP contribution in [0.5, 0.6) is 0 Å². The maximum Gasteiger partial charge on any atom is 0.136 e. The highest BCUT2D eigenvalue weighted by Crippen LogP contribution is 2.46. The molecule has 11 rings (SSSR count). The van der Waals surface area contributed by atoms with Crippen molar-refractivity contribution in [1.29, 1.82) is 0 Å². The molecule has 10 aromatic carbocycles. The molecule has 0 saturated heterocycles. The first-order chi connectivity index (χ1) is 27.6. The second-order valence-electron chi connectivity index (χ2n) is 15.0. The van der Waals surface area contributed by atoms with Gasteiger partial charge in [0.1, 0.15) is 11.2 Å². The average molecular weight is 716 g/mol. The van der Waals surface area contributed by atoms with Crippen LogP contribution < -0.4 is 4.90 Å². The minimum absolute atomic E-state index is 0.909. The molecule has 11 aromatic rings. The molecule has 0 N–H and O–H groups in total. The SMILES string of the molecule is Cc1cccc(N(c2cccc(C)c2)c2ccc(-c3cc4c5ccccc5c(-c5ccc6c(c5)oc5ccccc56)cc4c4ccccc34)c3ccccc23)c1. The molecule has 0 unspecified atom stereocenters. The Bertz CT molecular complexity index is 3300. The fourth-order valence-corrected chi connectivity index (χ4v) is 8.98. The number of benzene rings is 10. The highest BCUT2D eigenvalue weighted by atomic mass is 16.3. The number of hydrogen-bond acceptors (Lipinski definition) is 2. The van der Waals surface area contributed by atoms with Gasteiger partial charge in [0.2, 0.25) is 0 Å². The molecule has 56 heavy (non-hydrogen) atoms. The van der Waals surface area contributed by atoms with Crippen LogP contribution in [0.3, 0.4) is 0 Å². The molecule has 0 saturated carbocycles. The first-order valence-corrected chi connectivity index (χ1v) is 19.3. The minimum atomic E-state index is 0.909. The third-order valence-corrected chi connectivity index (χ3v) is 11.5. The number of rotatable bonds is 5. The summed E-state index contributed by atoms with van der Waals surface area (Å²) in [5.41, 5.74) is 12.5. The van der Waals surface area contributed by atoms with E-state index in [2.05, 4.69) is 195 Å². The van der Waals surface area contributed by atoms with Crippen molar-refractivity contribution in [3.8, 4) is 22.3 Å². The number of aryl methyl sites for hydroxylation is 2. The lowest BCUT2D eigenvalue weighted by molar-refractivity contribution is 0.669. The third kappa shape index (κ3) is 5.11. The van der Waals surface area contributed by atoms with Crippen molar-refractivity contribution < 1.29 is 4.42 Å². The summed E-state index contributed by atoms with van der Waals surface area (Å²) in [6.45, 7) is 4.33. The van der Waals surface area contributed by atoms with Crippen LogP contribution in [0.1, 0.15) is 11.1 Å². The molecule has 2 heteroatoms. The van der Waals surface area contributed by atoms with E-state index in [0.717, 1.165) is 44.6 Å². The van der Waals surface area contributed by atoms with Gasteiger partial charge >= 0.3 is 0 Å². The molecule has 0 atom stereocenters. The van der Waals surface area contributed by atoms with Gasteiger partial charge in [-0.3, -0.25) is 0 Å². The van der Waals surface area contributed by atoms with Crippen molar-refractivity contribution in [3.63, 3.8) is 0 Å². The summed E-state index contributed by atoms with van der Waals surface area (Å²) < 4.78 is 6.36. The summed E-state index contributed by atoms with van der Waals surface area (Å²) in [6.07, 6.45) is 0. The number of nitrogens with zero attached hydrogens (tertiary/aromatic N) is 1. The van der Waals surface area contributed by atoms with E-state index in [-0.39, 0.29) is 0 Å². The van der Waals surface area contributed by atoms with Gasteiger partial charge in [-0.1, -0.05) is 127 Å². The monoisotopic (exact) mass is 715 g/mol. The zero-order chi connectivity index (χ0) is 37.3. The molecule has 0 bridgehead atoms. The zero-order valence-corrected chi connectivity index (χ0v) is 31.3. The van der Waals surface area contributed by atoms with E-state index in [9.17, 15) is 0 Å². The molecular formula is C54H37NO.